The molecule has 0 saturated carbocycles. The van der Waals surface area contributed by atoms with E-state index in [0.29, 0.717) is 12.5 Å². The zero-order valence-corrected chi connectivity index (χ0v) is 12.5. The van der Waals surface area contributed by atoms with Gasteiger partial charge >= 0.3 is 0 Å². The topological polar surface area (TPSA) is 64.8 Å². The van der Waals surface area contributed by atoms with E-state index in [-0.39, 0.29) is 5.75 Å². The summed E-state index contributed by atoms with van der Waals surface area (Å²) in [6.07, 6.45) is 3.84. The number of aromatic nitrogens is 3. The Balaban J connectivity index is 1.96. The summed E-state index contributed by atoms with van der Waals surface area (Å²) in [5.74, 6) is 0.445. The van der Waals surface area contributed by atoms with E-state index >= 15 is 0 Å². The fourth-order valence-corrected chi connectivity index (χ4v) is 2.53. The van der Waals surface area contributed by atoms with Crippen LogP contribution >= 0.6 is 0 Å². The quantitative estimate of drug-likeness (QED) is 0.812. The zero-order chi connectivity index (χ0) is 14.6. The second-order valence-corrected chi connectivity index (χ2v) is 7.38. The minimum atomic E-state index is -2.97. The van der Waals surface area contributed by atoms with Crippen molar-refractivity contribution in [2.24, 2.45) is 0 Å². The van der Waals surface area contributed by atoms with E-state index in [1.165, 1.54) is 11.8 Å². The molecule has 0 radical (unpaired) electrons. The lowest BCUT2D eigenvalue weighted by molar-refractivity contribution is 0.579. The monoisotopic (exact) mass is 293 g/mol. The molecule has 2 rings (SSSR count). The smallest absolute Gasteiger partial charge is 0.149 e. The van der Waals surface area contributed by atoms with Crippen LogP contribution in [-0.4, -0.2) is 35.4 Å². The second kappa shape index (κ2) is 6.17. The zero-order valence-electron chi connectivity index (χ0n) is 11.7. The molecule has 0 aliphatic rings. The van der Waals surface area contributed by atoms with Gasteiger partial charge in [-0.25, -0.2) is 8.42 Å². The Labute approximate surface area is 119 Å². The number of aryl methyl sites for hydroxylation is 1. The highest BCUT2D eigenvalue weighted by atomic mass is 32.2. The summed E-state index contributed by atoms with van der Waals surface area (Å²) in [7, 11) is -2.97. The van der Waals surface area contributed by atoms with Crippen molar-refractivity contribution >= 4 is 9.84 Å². The molecule has 0 saturated heterocycles. The van der Waals surface area contributed by atoms with Gasteiger partial charge in [-0.05, 0) is 17.9 Å². The van der Waals surface area contributed by atoms with Gasteiger partial charge in [0.2, 0.25) is 0 Å². The van der Waals surface area contributed by atoms with Gasteiger partial charge in [-0.1, -0.05) is 42.5 Å². The molecule has 2 aromatic rings. The van der Waals surface area contributed by atoms with Gasteiger partial charge in [0.25, 0.3) is 0 Å². The van der Waals surface area contributed by atoms with Gasteiger partial charge in [0.1, 0.15) is 9.84 Å². The number of hydrogen-bond donors (Lipinski definition) is 0. The molecule has 6 heteroatoms. The second-order valence-electron chi connectivity index (χ2n) is 5.12. The first kappa shape index (κ1) is 14.7. The first-order chi connectivity index (χ1) is 9.44. The summed E-state index contributed by atoms with van der Waals surface area (Å²) in [5, 5.41) is 8.07. The molecule has 1 aromatic heterocycles. The normalized spacial score (nSPS) is 13.3. The van der Waals surface area contributed by atoms with Crippen molar-refractivity contribution in [2.75, 3.05) is 12.0 Å². The van der Waals surface area contributed by atoms with Crippen molar-refractivity contribution in [2.45, 2.75) is 25.8 Å². The third-order valence-electron chi connectivity index (χ3n) is 3.16. The summed E-state index contributed by atoms with van der Waals surface area (Å²) in [4.78, 5) is 0. The molecule has 1 atom stereocenters. The van der Waals surface area contributed by atoms with Gasteiger partial charge < -0.3 is 0 Å². The summed E-state index contributed by atoms with van der Waals surface area (Å²) in [6, 6.07) is 10.2. The lowest BCUT2D eigenvalue weighted by Crippen LogP contribution is -2.11. The lowest BCUT2D eigenvalue weighted by Gasteiger charge is -2.09. The average Bonchev–Trinajstić information content (AvgIpc) is 2.84. The molecule has 5 nitrogen and oxygen atoms in total. The molecule has 20 heavy (non-hydrogen) atoms. The summed E-state index contributed by atoms with van der Waals surface area (Å²) >= 11 is 0. The van der Waals surface area contributed by atoms with Gasteiger partial charge in [0.15, 0.2) is 0 Å². The number of hydrogen-bond acceptors (Lipinski definition) is 4. The van der Waals surface area contributed by atoms with E-state index in [1.807, 2.05) is 24.4 Å². The van der Waals surface area contributed by atoms with E-state index in [2.05, 4.69) is 29.4 Å². The minimum Gasteiger partial charge on any atom is -0.251 e. The maximum Gasteiger partial charge on any atom is 0.149 e. The van der Waals surface area contributed by atoms with Crippen LogP contribution in [0.15, 0.2) is 36.5 Å². The van der Waals surface area contributed by atoms with E-state index < -0.39 is 9.84 Å². The molecular formula is C14H19N3O2S. The van der Waals surface area contributed by atoms with Crippen molar-refractivity contribution in [3.05, 3.63) is 47.8 Å². The van der Waals surface area contributed by atoms with Crippen LogP contribution in [0.5, 0.6) is 0 Å². The molecule has 0 aliphatic carbocycles. The molecular weight excluding hydrogens is 274 g/mol. The maximum atomic E-state index is 11.1. The Morgan fingerprint density at radius 1 is 1.25 bits per heavy atom. The number of nitrogens with zero attached hydrogens (tertiary/aromatic N) is 3. The van der Waals surface area contributed by atoms with Gasteiger partial charge in [-0.15, -0.1) is 5.10 Å². The number of benzene rings is 1. The Kier molecular flexibility index (Phi) is 4.54. The van der Waals surface area contributed by atoms with Gasteiger partial charge in [0, 0.05) is 12.5 Å². The lowest BCUT2D eigenvalue weighted by atomic mass is 9.97. The predicted molar refractivity (Wildman–Crippen MR) is 78.3 cm³/mol. The summed E-state index contributed by atoms with van der Waals surface area (Å²) in [6.45, 7) is 2.50. The molecule has 0 spiro atoms. The third kappa shape index (κ3) is 4.45. The fraction of sp³-hybridized carbons (Fsp3) is 0.429. The van der Waals surface area contributed by atoms with Crippen LogP contribution in [0.3, 0.4) is 0 Å². The van der Waals surface area contributed by atoms with Gasteiger partial charge in [-0.2, -0.15) is 0 Å². The molecule has 0 unspecified atom stereocenters. The van der Waals surface area contributed by atoms with Crippen molar-refractivity contribution in [3.8, 4) is 0 Å². The Morgan fingerprint density at radius 2 is 1.95 bits per heavy atom. The molecule has 0 fully saturated rings. The number of rotatable bonds is 6. The van der Waals surface area contributed by atoms with Crippen molar-refractivity contribution < 1.29 is 8.42 Å². The van der Waals surface area contributed by atoms with Crippen LogP contribution in [0.4, 0.5) is 0 Å². The van der Waals surface area contributed by atoms with Crippen LogP contribution in [0, 0.1) is 0 Å². The van der Waals surface area contributed by atoms with Crippen LogP contribution < -0.4 is 0 Å². The van der Waals surface area contributed by atoms with Gasteiger partial charge in [0.05, 0.1) is 18.0 Å². The van der Waals surface area contributed by atoms with Crippen molar-refractivity contribution in [1.29, 1.82) is 0 Å². The standard InChI is InChI=1S/C14H19N3O2S/c1-12(13-6-4-3-5-7-13)10-14-11-17(16-15-14)8-9-20(2,18)19/h3-7,11-12H,8-10H2,1-2H3/t12-/m0/s1. The Morgan fingerprint density at radius 3 is 2.60 bits per heavy atom. The van der Waals surface area contributed by atoms with Crippen molar-refractivity contribution in [3.63, 3.8) is 0 Å². The van der Waals surface area contributed by atoms with E-state index in [9.17, 15) is 8.42 Å². The summed E-state index contributed by atoms with van der Waals surface area (Å²) < 4.78 is 23.8. The molecule has 108 valence electrons. The highest BCUT2D eigenvalue weighted by molar-refractivity contribution is 7.90. The Hall–Kier alpha value is -1.69. The highest BCUT2D eigenvalue weighted by Crippen LogP contribution is 2.18. The summed E-state index contributed by atoms with van der Waals surface area (Å²) in [5.41, 5.74) is 2.15. The third-order valence-corrected chi connectivity index (χ3v) is 4.09. The highest BCUT2D eigenvalue weighted by Gasteiger charge is 2.10. The van der Waals surface area contributed by atoms with Crippen LogP contribution in [0.25, 0.3) is 0 Å². The molecule has 0 bridgehead atoms. The first-order valence-electron chi connectivity index (χ1n) is 6.56. The molecule has 0 amide bonds. The van der Waals surface area contributed by atoms with Crippen LogP contribution in [0.1, 0.15) is 24.1 Å². The van der Waals surface area contributed by atoms with E-state index in [1.54, 1.807) is 4.68 Å². The number of sulfone groups is 1. The SMILES string of the molecule is C[C@@H](Cc1cn(CCS(C)(=O)=O)nn1)c1ccccc1. The first-order valence-corrected chi connectivity index (χ1v) is 8.62. The predicted octanol–water partition coefficient (Wildman–Crippen LogP) is 1.67. The van der Waals surface area contributed by atoms with Crippen LogP contribution in [0.2, 0.25) is 0 Å². The van der Waals surface area contributed by atoms with E-state index in [0.717, 1.165) is 12.1 Å². The Bertz CT molecular complexity index is 650. The van der Waals surface area contributed by atoms with Gasteiger partial charge in [-0.3, -0.25) is 4.68 Å². The van der Waals surface area contributed by atoms with Crippen LogP contribution in [-0.2, 0) is 22.8 Å². The molecule has 1 heterocycles. The molecule has 0 aliphatic heterocycles. The van der Waals surface area contributed by atoms with Crippen molar-refractivity contribution in [1.82, 2.24) is 15.0 Å². The maximum absolute atomic E-state index is 11.1. The minimum absolute atomic E-state index is 0.0873. The average molecular weight is 293 g/mol. The molecule has 1 aromatic carbocycles. The molecule has 0 N–H and O–H groups in total. The van der Waals surface area contributed by atoms with E-state index in [4.69, 9.17) is 0 Å². The fourth-order valence-electron chi connectivity index (χ4n) is 2.01. The largest absolute Gasteiger partial charge is 0.251 e.